The van der Waals surface area contributed by atoms with Gasteiger partial charge in [-0.1, -0.05) is 105 Å². The van der Waals surface area contributed by atoms with Crippen LogP contribution in [0.5, 0.6) is 0 Å². The van der Waals surface area contributed by atoms with Gasteiger partial charge in [0.15, 0.2) is 0 Å². The lowest BCUT2D eigenvalue weighted by atomic mass is 9.49. The molecule has 0 radical (unpaired) electrons. The largest absolute Gasteiger partial charge is 0.494 e. The molecule has 18 nitrogen and oxygen atoms in total. The number of hydrogen-bond donors (Lipinski definition) is 3. The summed E-state index contributed by atoms with van der Waals surface area (Å²) < 4.78 is 51.6. The Morgan fingerprint density at radius 2 is 0.736 bits per heavy atom. The number of ether oxygens (including phenoxy) is 3. The van der Waals surface area contributed by atoms with Crippen LogP contribution in [0.4, 0.5) is 17.1 Å². The highest BCUT2D eigenvalue weighted by atomic mass is 79.9. The van der Waals surface area contributed by atoms with Crippen LogP contribution in [0.15, 0.2) is 155 Å². The maximum absolute atomic E-state index is 12.5. The lowest BCUT2D eigenvalue weighted by Gasteiger charge is -2.32. The molecule has 4 N–H and O–H groups in total. The smallest absolute Gasteiger partial charge is 0.465 e. The number of carbonyl (C=O) groups is 6. The van der Waals surface area contributed by atoms with E-state index in [9.17, 15) is 28.8 Å². The summed E-state index contributed by atoms with van der Waals surface area (Å²) in [6.07, 6.45) is 0. The molecule has 0 aromatic heterocycles. The molecule has 6 aromatic carbocycles. The summed E-state index contributed by atoms with van der Waals surface area (Å²) >= 11 is 11.7. The van der Waals surface area contributed by atoms with Gasteiger partial charge in [0, 0.05) is 31.3 Å². The molecule has 3 aliphatic rings. The first-order valence-electron chi connectivity index (χ1n) is 27.4. The number of nitrogen functional groups attached to an aromatic ring is 1. The fourth-order valence-corrected chi connectivity index (χ4v) is 8.78. The minimum absolute atomic E-state index is 0.235. The van der Waals surface area contributed by atoms with Gasteiger partial charge in [-0.15, -0.1) is 0 Å². The van der Waals surface area contributed by atoms with Gasteiger partial charge < -0.3 is 58.5 Å². The van der Waals surface area contributed by atoms with Crippen LogP contribution in [0.25, 0.3) is 0 Å². The van der Waals surface area contributed by atoms with Crippen molar-refractivity contribution in [1.82, 2.24) is 0 Å². The van der Waals surface area contributed by atoms with Crippen molar-refractivity contribution < 1.29 is 70.9 Å². The van der Waals surface area contributed by atoms with Crippen molar-refractivity contribution >= 4 is 122 Å². The number of methoxy groups -OCH3 is 3. The fourth-order valence-electron chi connectivity index (χ4n) is 7.93. The van der Waals surface area contributed by atoms with Crippen LogP contribution < -0.4 is 21.8 Å². The van der Waals surface area contributed by atoms with E-state index < -0.39 is 55.5 Å². The van der Waals surface area contributed by atoms with E-state index in [4.69, 9.17) is 54.7 Å². The molecule has 3 aliphatic heterocycles. The van der Waals surface area contributed by atoms with Crippen LogP contribution in [-0.2, 0) is 42.1 Å². The van der Waals surface area contributed by atoms with Crippen molar-refractivity contribution in [3.05, 3.63) is 188 Å². The maximum atomic E-state index is 12.5. The lowest BCUT2D eigenvalue weighted by Crippen LogP contribution is -2.41. The SMILES string of the molecule is CC1(C)OB(B2OC(C)(C)C(C)(C)O2)OC1(C)C.COC(=O)c1cc(B2OC(C)(C)C(C)(C)O2)ccc1NC(=O)c1ccccc1.COC(=O)c1cc(Br)ccc1N.COC(=O)c1cc(Br)ccc1NC(=O)c1ccccc1.O=C(Cl)c1ccccc1. The van der Waals surface area contributed by atoms with E-state index in [1.54, 1.807) is 127 Å². The molecule has 3 heterocycles. The zero-order valence-electron chi connectivity index (χ0n) is 51.4. The molecular weight excluding hydrogens is 1270 g/mol. The molecule has 3 fully saturated rings. The van der Waals surface area contributed by atoms with Gasteiger partial charge in [-0.05, 0) is 173 Å². The fraction of sp³-hybridized carbons (Fsp3) is 0.333. The van der Waals surface area contributed by atoms with Gasteiger partial charge in [0.25, 0.3) is 17.1 Å². The van der Waals surface area contributed by atoms with E-state index in [-0.39, 0.29) is 39.8 Å². The predicted octanol–water partition coefficient (Wildman–Crippen LogP) is 12.6. The highest BCUT2D eigenvalue weighted by Crippen LogP contribution is 2.43. The second kappa shape index (κ2) is 30.0. The first-order valence-corrected chi connectivity index (χ1v) is 29.3. The van der Waals surface area contributed by atoms with Crippen LogP contribution in [0.1, 0.15) is 145 Å². The summed E-state index contributed by atoms with van der Waals surface area (Å²) in [4.78, 5) is 70.1. The van der Waals surface area contributed by atoms with Crippen LogP contribution >= 0.6 is 43.5 Å². The summed E-state index contributed by atoms with van der Waals surface area (Å²) in [5, 5.41) is 5.07. The van der Waals surface area contributed by atoms with Crippen molar-refractivity contribution in [2.45, 2.75) is 117 Å². The molecule has 2 amide bonds. The Morgan fingerprint density at radius 3 is 1.09 bits per heavy atom. The van der Waals surface area contributed by atoms with Gasteiger partial charge in [0.1, 0.15) is 0 Å². The molecule has 9 rings (SSSR count). The molecule has 3 saturated heterocycles. The highest BCUT2D eigenvalue weighted by Gasteiger charge is 2.64. The van der Waals surface area contributed by atoms with Crippen molar-refractivity contribution in [3.63, 3.8) is 0 Å². The standard InChI is InChI=1S/C21H24BNO5.C15H12BrNO3.C12H24B2O4.C8H8BrNO2.C7H5ClO/c1-20(2)21(3,4)28-22(27-20)15-11-12-17(16(13-15)19(25)26-5)23-18(24)14-9-7-6-8-10-14;1-20-15(19)12-9-11(16)7-8-13(12)17-14(18)10-5-3-2-4-6-10;1-9(2)10(3,4)16-13(15-9)14-17-11(5,6)12(7,8)18-14;1-12-8(11)6-4-5(9)2-3-7(6)10;8-7(9)6-4-2-1-3-5-6/h6-13H,1-5H3,(H,23,24);2-9H,1H3,(H,17,18);1-8H3;2-4H,10H2,1H3;1-5H. The van der Waals surface area contributed by atoms with E-state index in [1.165, 1.54) is 21.3 Å². The van der Waals surface area contributed by atoms with E-state index in [0.717, 1.165) is 8.95 Å². The highest BCUT2D eigenvalue weighted by molar-refractivity contribution is 9.10. The van der Waals surface area contributed by atoms with E-state index in [2.05, 4.69) is 47.2 Å². The number of amides is 2. The van der Waals surface area contributed by atoms with Crippen LogP contribution in [0, 0.1) is 0 Å². The summed E-state index contributed by atoms with van der Waals surface area (Å²) in [6.45, 7) is 24.1. The van der Waals surface area contributed by atoms with Gasteiger partial charge in [0.05, 0.1) is 83.0 Å². The topological polar surface area (TPSA) is 236 Å². The first-order chi connectivity index (χ1) is 40.6. The minimum atomic E-state index is -0.618. The quantitative estimate of drug-likeness (QED) is 0.0380. The summed E-state index contributed by atoms with van der Waals surface area (Å²) in [5.74, 6) is -2.07. The monoisotopic (exact) mass is 1340 g/mol. The summed E-state index contributed by atoms with van der Waals surface area (Å²) in [5.41, 5.74) is 7.45. The molecule has 460 valence electrons. The number of hydrogen-bond acceptors (Lipinski definition) is 16. The maximum Gasteiger partial charge on any atom is 0.494 e. The second-order valence-corrected chi connectivity index (χ2v) is 25.0. The molecular formula is C63H73B3Br2ClN3O15. The zero-order valence-corrected chi connectivity index (χ0v) is 55.4. The lowest BCUT2D eigenvalue weighted by molar-refractivity contribution is 0.00578. The zero-order chi connectivity index (χ0) is 64.9. The molecule has 0 aliphatic carbocycles. The number of anilines is 3. The summed E-state index contributed by atoms with van der Waals surface area (Å²) in [7, 11) is 2.35. The molecule has 87 heavy (non-hydrogen) atoms. The van der Waals surface area contributed by atoms with Gasteiger partial charge in [-0.3, -0.25) is 14.4 Å². The third kappa shape index (κ3) is 18.7. The number of benzene rings is 6. The van der Waals surface area contributed by atoms with Crippen molar-refractivity contribution in [2.75, 3.05) is 37.7 Å². The van der Waals surface area contributed by atoms with E-state index >= 15 is 0 Å². The van der Waals surface area contributed by atoms with Gasteiger partial charge in [-0.25, -0.2) is 14.4 Å². The Bertz CT molecular complexity index is 3310. The average Bonchev–Trinajstić information content (AvgIpc) is 1.70. The molecule has 24 heteroatoms. The van der Waals surface area contributed by atoms with Crippen molar-refractivity contribution in [2.24, 2.45) is 0 Å². The summed E-state index contributed by atoms with van der Waals surface area (Å²) in [6, 6.07) is 41.4. The Balaban J connectivity index is 0.000000208. The normalized spacial score (nSPS) is 16.7. The average molecular weight is 1340 g/mol. The molecule has 0 unspecified atom stereocenters. The van der Waals surface area contributed by atoms with Crippen molar-refractivity contribution in [3.8, 4) is 0 Å². The third-order valence-electron chi connectivity index (χ3n) is 15.1. The number of nitrogens with two attached hydrogens (primary N) is 1. The number of halogens is 3. The molecule has 0 atom stereocenters. The Hall–Kier alpha value is -6.66. The Morgan fingerprint density at radius 1 is 0.425 bits per heavy atom. The predicted molar refractivity (Wildman–Crippen MR) is 346 cm³/mol. The number of carbonyl (C=O) groups excluding carboxylic acids is 6. The van der Waals surface area contributed by atoms with Crippen LogP contribution in [0.3, 0.4) is 0 Å². The van der Waals surface area contributed by atoms with Crippen molar-refractivity contribution in [1.29, 1.82) is 0 Å². The first kappa shape index (κ1) is 71.1. The van der Waals surface area contributed by atoms with E-state index in [0.29, 0.717) is 50.3 Å². The molecule has 0 saturated carbocycles. The third-order valence-corrected chi connectivity index (χ3v) is 16.3. The molecule has 0 bridgehead atoms. The van der Waals surface area contributed by atoms with Gasteiger partial charge in [0.2, 0.25) is 0 Å². The molecule has 0 spiro atoms. The van der Waals surface area contributed by atoms with Gasteiger partial charge >= 0.3 is 39.0 Å². The minimum Gasteiger partial charge on any atom is -0.465 e. The van der Waals surface area contributed by atoms with Gasteiger partial charge in [-0.2, -0.15) is 0 Å². The van der Waals surface area contributed by atoms with Crippen LogP contribution in [-0.4, -0.2) is 111 Å². The van der Waals surface area contributed by atoms with E-state index in [1.807, 2.05) is 101 Å². The Kier molecular flexibility index (Phi) is 24.5. The number of rotatable bonds is 10. The molecule has 6 aromatic rings. The second-order valence-electron chi connectivity index (χ2n) is 22.8. The number of nitrogens with one attached hydrogen (secondary N) is 2. The van der Waals surface area contributed by atoms with Crippen LogP contribution in [0.2, 0.25) is 0 Å². The number of esters is 3. The Labute approximate surface area is 532 Å².